The number of halogens is 1. The van der Waals surface area contributed by atoms with Gasteiger partial charge in [-0.3, -0.25) is 14.9 Å². The van der Waals surface area contributed by atoms with Gasteiger partial charge in [-0.05, 0) is 30.3 Å². The topological polar surface area (TPSA) is 110 Å². The Bertz CT molecular complexity index is 726. The van der Waals surface area contributed by atoms with Gasteiger partial charge in [-0.1, -0.05) is 17.7 Å². The molecular weight excluding hydrogens is 312 g/mol. The highest BCUT2D eigenvalue weighted by Gasteiger charge is 2.27. The minimum atomic E-state index is -1.43. The van der Waals surface area contributed by atoms with Gasteiger partial charge < -0.3 is 10.4 Å². The third-order valence-corrected chi connectivity index (χ3v) is 3.05. The normalized spacial score (nSPS) is 10.0. The maximum absolute atomic E-state index is 12.2. The van der Waals surface area contributed by atoms with Crippen molar-refractivity contribution in [3.05, 3.63) is 68.7 Å². The fourth-order valence-corrected chi connectivity index (χ4v) is 1.96. The summed E-state index contributed by atoms with van der Waals surface area (Å²) in [5, 5.41) is 23.0. The predicted octanol–water partition coefficient (Wildman–Crippen LogP) is 3.20. The fourth-order valence-electron chi connectivity index (χ4n) is 1.84. The molecule has 2 N–H and O–H groups in total. The first-order valence-electron chi connectivity index (χ1n) is 5.97. The second kappa shape index (κ2) is 6.23. The standard InChI is InChI=1S/C14H9ClN2O5/c15-8-4-6-9(7-5-8)16-13(18)12-10(14(19)20)2-1-3-11(12)17(21)22/h1-7H,(H,16,18)(H,19,20). The number of nitro groups is 1. The van der Waals surface area contributed by atoms with Crippen LogP contribution in [0.25, 0.3) is 0 Å². The van der Waals surface area contributed by atoms with Crippen molar-refractivity contribution in [2.75, 3.05) is 5.32 Å². The smallest absolute Gasteiger partial charge is 0.336 e. The number of nitrogens with zero attached hydrogens (tertiary/aromatic N) is 1. The van der Waals surface area contributed by atoms with E-state index >= 15 is 0 Å². The number of nitro benzene ring substituents is 1. The summed E-state index contributed by atoms with van der Waals surface area (Å²) in [5.41, 5.74) is -1.19. The molecule has 0 spiro atoms. The Kier molecular flexibility index (Phi) is 4.38. The zero-order valence-corrected chi connectivity index (χ0v) is 11.7. The maximum atomic E-state index is 12.2. The van der Waals surface area contributed by atoms with Crippen molar-refractivity contribution in [1.82, 2.24) is 0 Å². The van der Waals surface area contributed by atoms with Gasteiger partial charge in [0.1, 0.15) is 5.56 Å². The van der Waals surface area contributed by atoms with Crippen LogP contribution in [-0.4, -0.2) is 21.9 Å². The van der Waals surface area contributed by atoms with Crippen molar-refractivity contribution in [3.8, 4) is 0 Å². The molecule has 0 fully saturated rings. The second-order valence-electron chi connectivity index (χ2n) is 4.22. The molecule has 0 aliphatic heterocycles. The van der Waals surface area contributed by atoms with Crippen LogP contribution in [0.15, 0.2) is 42.5 Å². The molecule has 8 heteroatoms. The number of amides is 1. The van der Waals surface area contributed by atoms with Gasteiger partial charge in [0, 0.05) is 16.8 Å². The van der Waals surface area contributed by atoms with Crippen LogP contribution in [0.3, 0.4) is 0 Å². The minimum Gasteiger partial charge on any atom is -0.478 e. The first-order chi connectivity index (χ1) is 10.4. The highest BCUT2D eigenvalue weighted by molar-refractivity contribution is 6.30. The fraction of sp³-hybridized carbons (Fsp3) is 0. The van der Waals surface area contributed by atoms with Gasteiger partial charge in [0.15, 0.2) is 0 Å². The molecular formula is C14H9ClN2O5. The summed E-state index contributed by atoms with van der Waals surface area (Å²) in [4.78, 5) is 33.6. The van der Waals surface area contributed by atoms with Crippen LogP contribution in [0.5, 0.6) is 0 Å². The van der Waals surface area contributed by atoms with Crippen molar-refractivity contribution in [1.29, 1.82) is 0 Å². The molecule has 2 aromatic carbocycles. The van der Waals surface area contributed by atoms with E-state index in [0.29, 0.717) is 10.7 Å². The van der Waals surface area contributed by atoms with Crippen molar-refractivity contribution < 1.29 is 19.6 Å². The molecule has 0 heterocycles. The Balaban J connectivity index is 2.45. The van der Waals surface area contributed by atoms with Gasteiger partial charge in [-0.2, -0.15) is 0 Å². The van der Waals surface area contributed by atoms with E-state index < -0.39 is 33.6 Å². The zero-order valence-electron chi connectivity index (χ0n) is 10.9. The molecule has 0 bridgehead atoms. The maximum Gasteiger partial charge on any atom is 0.336 e. The number of benzene rings is 2. The third-order valence-electron chi connectivity index (χ3n) is 2.80. The summed E-state index contributed by atoms with van der Waals surface area (Å²) in [6, 6.07) is 9.45. The molecule has 0 atom stereocenters. The highest BCUT2D eigenvalue weighted by atomic mass is 35.5. The summed E-state index contributed by atoms with van der Waals surface area (Å²) < 4.78 is 0. The molecule has 1 amide bonds. The van der Waals surface area contributed by atoms with Crippen molar-refractivity contribution in [2.45, 2.75) is 0 Å². The van der Waals surface area contributed by atoms with E-state index in [1.807, 2.05) is 0 Å². The van der Waals surface area contributed by atoms with Crippen LogP contribution in [0.2, 0.25) is 5.02 Å². The van der Waals surface area contributed by atoms with Gasteiger partial charge in [0.05, 0.1) is 10.5 Å². The molecule has 2 aromatic rings. The van der Waals surface area contributed by atoms with Gasteiger partial charge in [-0.25, -0.2) is 4.79 Å². The van der Waals surface area contributed by atoms with Crippen molar-refractivity contribution in [2.24, 2.45) is 0 Å². The van der Waals surface area contributed by atoms with Crippen LogP contribution < -0.4 is 5.32 Å². The highest BCUT2D eigenvalue weighted by Crippen LogP contribution is 2.24. The van der Waals surface area contributed by atoms with E-state index in [4.69, 9.17) is 16.7 Å². The van der Waals surface area contributed by atoms with Crippen LogP contribution in [0.4, 0.5) is 11.4 Å². The average molecular weight is 321 g/mol. The van der Waals surface area contributed by atoms with E-state index in [9.17, 15) is 19.7 Å². The van der Waals surface area contributed by atoms with Gasteiger partial charge in [0.25, 0.3) is 11.6 Å². The first kappa shape index (κ1) is 15.5. The van der Waals surface area contributed by atoms with E-state index in [1.54, 1.807) is 0 Å². The molecule has 0 aliphatic carbocycles. The molecule has 0 aliphatic rings. The molecule has 0 unspecified atom stereocenters. The number of hydrogen-bond donors (Lipinski definition) is 2. The molecule has 7 nitrogen and oxygen atoms in total. The number of hydrogen-bond acceptors (Lipinski definition) is 4. The monoisotopic (exact) mass is 320 g/mol. The van der Waals surface area contributed by atoms with Crippen LogP contribution in [0.1, 0.15) is 20.7 Å². The Morgan fingerprint density at radius 1 is 1.14 bits per heavy atom. The molecule has 2 rings (SSSR count). The van der Waals surface area contributed by atoms with E-state index in [0.717, 1.165) is 12.1 Å². The number of carboxylic acids is 1. The molecule has 0 aromatic heterocycles. The largest absolute Gasteiger partial charge is 0.478 e. The second-order valence-corrected chi connectivity index (χ2v) is 4.66. The summed E-state index contributed by atoms with van der Waals surface area (Å²) in [5.74, 6) is -2.31. The van der Waals surface area contributed by atoms with Gasteiger partial charge in [-0.15, -0.1) is 0 Å². The average Bonchev–Trinajstić information content (AvgIpc) is 2.48. The number of nitrogens with one attached hydrogen (secondary N) is 1. The Morgan fingerprint density at radius 3 is 2.32 bits per heavy atom. The number of rotatable bonds is 4. The van der Waals surface area contributed by atoms with Gasteiger partial charge >= 0.3 is 5.97 Å². The van der Waals surface area contributed by atoms with Crippen molar-refractivity contribution >= 4 is 34.9 Å². The quantitative estimate of drug-likeness (QED) is 0.664. The summed E-state index contributed by atoms with van der Waals surface area (Å²) in [7, 11) is 0. The lowest BCUT2D eigenvalue weighted by molar-refractivity contribution is -0.385. The molecule has 0 saturated heterocycles. The van der Waals surface area contributed by atoms with Crippen LogP contribution >= 0.6 is 11.6 Å². The number of carboxylic acid groups (broad SMARTS) is 1. The number of aromatic carboxylic acids is 1. The minimum absolute atomic E-state index is 0.337. The first-order valence-corrected chi connectivity index (χ1v) is 6.35. The molecule has 0 saturated carbocycles. The molecule has 0 radical (unpaired) electrons. The van der Waals surface area contributed by atoms with Crippen LogP contribution in [-0.2, 0) is 0 Å². The molecule has 22 heavy (non-hydrogen) atoms. The number of carbonyl (C=O) groups excluding carboxylic acids is 1. The van der Waals surface area contributed by atoms with E-state index in [1.165, 1.54) is 30.3 Å². The molecule has 112 valence electrons. The predicted molar refractivity (Wildman–Crippen MR) is 79.5 cm³/mol. The van der Waals surface area contributed by atoms with Crippen LogP contribution in [0, 0.1) is 10.1 Å². The number of carbonyl (C=O) groups is 2. The van der Waals surface area contributed by atoms with E-state index in [-0.39, 0.29) is 0 Å². The number of anilines is 1. The zero-order chi connectivity index (χ0) is 16.3. The van der Waals surface area contributed by atoms with Gasteiger partial charge in [0.2, 0.25) is 0 Å². The lowest BCUT2D eigenvalue weighted by Crippen LogP contribution is -2.18. The Hall–Kier alpha value is -2.93. The van der Waals surface area contributed by atoms with E-state index in [2.05, 4.69) is 5.32 Å². The Morgan fingerprint density at radius 2 is 1.77 bits per heavy atom. The summed E-state index contributed by atoms with van der Waals surface area (Å²) in [6.07, 6.45) is 0. The Labute approximate surface area is 129 Å². The van der Waals surface area contributed by atoms with Crippen molar-refractivity contribution in [3.63, 3.8) is 0 Å². The summed E-state index contributed by atoms with van der Waals surface area (Å²) >= 11 is 5.72. The summed E-state index contributed by atoms with van der Waals surface area (Å²) in [6.45, 7) is 0. The third kappa shape index (κ3) is 3.21. The SMILES string of the molecule is O=C(O)c1cccc([N+](=O)[O-])c1C(=O)Nc1ccc(Cl)cc1. The lowest BCUT2D eigenvalue weighted by atomic mass is 10.0. The lowest BCUT2D eigenvalue weighted by Gasteiger charge is -2.08.